The van der Waals surface area contributed by atoms with Gasteiger partial charge in [-0.1, -0.05) is 0 Å². The summed E-state index contributed by atoms with van der Waals surface area (Å²) in [7, 11) is 0. The Morgan fingerprint density at radius 1 is 1.57 bits per heavy atom. The van der Waals surface area contributed by atoms with Gasteiger partial charge in [-0.2, -0.15) is 0 Å². The van der Waals surface area contributed by atoms with Gasteiger partial charge in [-0.25, -0.2) is 0 Å². The molecule has 1 aromatic carbocycles. The van der Waals surface area contributed by atoms with Crippen LogP contribution in [0.1, 0.15) is 19.8 Å². The van der Waals surface area contributed by atoms with E-state index in [-0.39, 0.29) is 36.6 Å². The summed E-state index contributed by atoms with van der Waals surface area (Å²) in [6, 6.07) is 2.75. The molecule has 0 saturated heterocycles. The fourth-order valence-electron chi connectivity index (χ4n) is 2.12. The van der Waals surface area contributed by atoms with E-state index in [1.54, 1.807) is 0 Å². The number of anilines is 2. The molecule has 0 aromatic heterocycles. The van der Waals surface area contributed by atoms with Gasteiger partial charge in [0.15, 0.2) is 12.4 Å². The van der Waals surface area contributed by atoms with Gasteiger partial charge in [0, 0.05) is 12.6 Å². The van der Waals surface area contributed by atoms with Gasteiger partial charge < -0.3 is 20.5 Å². The van der Waals surface area contributed by atoms with Crippen LogP contribution in [-0.2, 0) is 4.79 Å². The number of nitrogens with one attached hydrogen (secondary N) is 2. The van der Waals surface area contributed by atoms with Crippen molar-refractivity contribution in [2.45, 2.75) is 25.8 Å². The van der Waals surface area contributed by atoms with Crippen molar-refractivity contribution in [1.82, 2.24) is 0 Å². The van der Waals surface area contributed by atoms with E-state index >= 15 is 0 Å². The predicted octanol–water partition coefficient (Wildman–Crippen LogP) is 1.50. The van der Waals surface area contributed by atoms with E-state index in [4.69, 9.17) is 9.84 Å². The summed E-state index contributed by atoms with van der Waals surface area (Å²) in [6.45, 7) is 1.79. The number of nitro benzene ring substituents is 1. The number of carbonyl (C=O) groups is 1. The molecule has 1 aromatic rings. The maximum Gasteiger partial charge on any atom is 0.296 e. The van der Waals surface area contributed by atoms with Crippen LogP contribution in [0.5, 0.6) is 5.75 Å². The normalized spacial score (nSPS) is 14.7. The lowest BCUT2D eigenvalue weighted by Gasteiger charge is -2.20. The Balaban J connectivity index is 2.27. The number of fused-ring (bicyclic) bond motifs is 1. The summed E-state index contributed by atoms with van der Waals surface area (Å²) in [5.41, 5.74) is 0.615. The molecule has 114 valence electrons. The van der Waals surface area contributed by atoms with Crippen LogP contribution in [0.15, 0.2) is 12.1 Å². The number of hydrogen-bond acceptors (Lipinski definition) is 6. The summed E-state index contributed by atoms with van der Waals surface area (Å²) < 4.78 is 5.17. The summed E-state index contributed by atoms with van der Waals surface area (Å²) in [5, 5.41) is 25.6. The number of benzene rings is 1. The van der Waals surface area contributed by atoms with Gasteiger partial charge in [0.25, 0.3) is 11.6 Å². The molecule has 0 bridgehead atoms. The fraction of sp³-hybridized carbons (Fsp3) is 0.462. The first-order chi connectivity index (χ1) is 10.0. The van der Waals surface area contributed by atoms with Crippen LogP contribution in [0, 0.1) is 10.1 Å². The maximum atomic E-state index is 11.3. The number of nitrogens with zero attached hydrogens (tertiary/aromatic N) is 1. The number of aliphatic hydroxyl groups excluding tert-OH is 1. The highest BCUT2D eigenvalue weighted by atomic mass is 16.6. The van der Waals surface area contributed by atoms with Crippen LogP contribution in [0.25, 0.3) is 0 Å². The van der Waals surface area contributed by atoms with Gasteiger partial charge in [-0.05, 0) is 25.8 Å². The second-order valence-electron chi connectivity index (χ2n) is 4.87. The van der Waals surface area contributed by atoms with E-state index in [0.29, 0.717) is 24.2 Å². The molecule has 1 heterocycles. The molecule has 21 heavy (non-hydrogen) atoms. The van der Waals surface area contributed by atoms with Crippen molar-refractivity contribution < 1.29 is 19.6 Å². The minimum atomic E-state index is -0.499. The summed E-state index contributed by atoms with van der Waals surface area (Å²) in [5.74, 6) is -0.00880. The first-order valence-corrected chi connectivity index (χ1v) is 6.63. The molecule has 0 radical (unpaired) electrons. The second kappa shape index (κ2) is 6.40. The zero-order valence-electron chi connectivity index (χ0n) is 11.6. The van der Waals surface area contributed by atoms with Crippen molar-refractivity contribution >= 4 is 23.0 Å². The molecule has 1 unspecified atom stereocenters. The molecule has 1 aliphatic rings. The Kier molecular flexibility index (Phi) is 4.59. The largest absolute Gasteiger partial charge is 0.481 e. The van der Waals surface area contributed by atoms with Crippen LogP contribution in [0.4, 0.5) is 17.1 Å². The molecule has 0 fully saturated rings. The van der Waals surface area contributed by atoms with Crippen molar-refractivity contribution in [3.8, 4) is 5.75 Å². The molecular formula is C13H17N3O5. The minimum Gasteiger partial charge on any atom is -0.481 e. The number of nitro groups is 1. The van der Waals surface area contributed by atoms with E-state index in [0.717, 1.165) is 0 Å². The molecule has 8 heteroatoms. The predicted molar refractivity (Wildman–Crippen MR) is 76.6 cm³/mol. The lowest BCUT2D eigenvalue weighted by atomic mass is 10.1. The van der Waals surface area contributed by atoms with Crippen molar-refractivity contribution in [3.63, 3.8) is 0 Å². The van der Waals surface area contributed by atoms with Crippen LogP contribution >= 0.6 is 0 Å². The van der Waals surface area contributed by atoms with Crippen molar-refractivity contribution in [2.75, 3.05) is 23.8 Å². The van der Waals surface area contributed by atoms with Gasteiger partial charge in [0.2, 0.25) is 0 Å². The number of rotatable bonds is 6. The molecule has 1 atom stereocenters. The standard InChI is InChI=1S/C13H17N3O5/c1-8(3-2-4-17)14-9-5-10-12(6-11(9)16(19)20)21-7-13(18)15-10/h5-6,8,14,17H,2-4,7H2,1H3,(H,15,18). The highest BCUT2D eigenvalue weighted by Gasteiger charge is 2.24. The topological polar surface area (TPSA) is 114 Å². The zero-order chi connectivity index (χ0) is 15.4. The van der Waals surface area contributed by atoms with Gasteiger partial charge in [-0.15, -0.1) is 0 Å². The minimum absolute atomic E-state index is 0.0471. The number of ether oxygens (including phenoxy) is 1. The van der Waals surface area contributed by atoms with E-state index in [9.17, 15) is 14.9 Å². The van der Waals surface area contributed by atoms with Gasteiger partial charge in [-0.3, -0.25) is 14.9 Å². The molecule has 1 amide bonds. The molecule has 2 rings (SSSR count). The number of aliphatic hydroxyl groups is 1. The Morgan fingerprint density at radius 3 is 3.00 bits per heavy atom. The zero-order valence-corrected chi connectivity index (χ0v) is 11.6. The third-order valence-electron chi connectivity index (χ3n) is 3.12. The molecule has 0 aliphatic carbocycles. The van der Waals surface area contributed by atoms with E-state index in [1.165, 1.54) is 12.1 Å². The van der Waals surface area contributed by atoms with Gasteiger partial charge in [0.1, 0.15) is 5.69 Å². The maximum absolute atomic E-state index is 11.3. The molecule has 3 N–H and O–H groups in total. The highest BCUT2D eigenvalue weighted by molar-refractivity contribution is 5.96. The first kappa shape index (κ1) is 15.0. The van der Waals surface area contributed by atoms with Crippen molar-refractivity contribution in [2.24, 2.45) is 0 Å². The molecule has 0 spiro atoms. The van der Waals surface area contributed by atoms with Gasteiger partial charge >= 0.3 is 0 Å². The van der Waals surface area contributed by atoms with Crippen molar-refractivity contribution in [1.29, 1.82) is 0 Å². The van der Waals surface area contributed by atoms with Gasteiger partial charge in [0.05, 0.1) is 16.7 Å². The fourth-order valence-corrected chi connectivity index (χ4v) is 2.12. The van der Waals surface area contributed by atoms with Crippen LogP contribution in [0.3, 0.4) is 0 Å². The summed E-state index contributed by atoms with van der Waals surface area (Å²) in [4.78, 5) is 22.0. The number of carbonyl (C=O) groups excluding carboxylic acids is 1. The highest BCUT2D eigenvalue weighted by Crippen LogP contribution is 2.38. The first-order valence-electron chi connectivity index (χ1n) is 6.63. The number of hydrogen-bond donors (Lipinski definition) is 3. The quantitative estimate of drug-likeness (QED) is 0.541. The summed E-state index contributed by atoms with van der Waals surface area (Å²) >= 11 is 0. The van der Waals surface area contributed by atoms with Crippen LogP contribution in [0.2, 0.25) is 0 Å². The van der Waals surface area contributed by atoms with Crippen LogP contribution < -0.4 is 15.4 Å². The Morgan fingerprint density at radius 2 is 2.33 bits per heavy atom. The average molecular weight is 295 g/mol. The monoisotopic (exact) mass is 295 g/mol. The molecular weight excluding hydrogens is 278 g/mol. The summed E-state index contributed by atoms with van der Waals surface area (Å²) in [6.07, 6.45) is 1.28. The average Bonchev–Trinajstić information content (AvgIpc) is 2.44. The third-order valence-corrected chi connectivity index (χ3v) is 3.12. The van der Waals surface area contributed by atoms with Crippen molar-refractivity contribution in [3.05, 3.63) is 22.2 Å². The van der Waals surface area contributed by atoms with Crippen LogP contribution in [-0.4, -0.2) is 35.2 Å². The smallest absolute Gasteiger partial charge is 0.296 e. The Labute approximate surface area is 121 Å². The van der Waals surface area contributed by atoms with E-state index < -0.39 is 4.92 Å². The number of amides is 1. The lowest BCUT2D eigenvalue weighted by Crippen LogP contribution is -2.26. The molecule has 0 saturated carbocycles. The Hall–Kier alpha value is -2.35. The SMILES string of the molecule is CC(CCCO)Nc1cc2c(cc1[N+](=O)[O-])OCC(=O)N2. The molecule has 8 nitrogen and oxygen atoms in total. The lowest BCUT2D eigenvalue weighted by molar-refractivity contribution is -0.384. The Bertz CT molecular complexity index is 561. The van der Waals surface area contributed by atoms with E-state index in [2.05, 4.69) is 10.6 Å². The second-order valence-corrected chi connectivity index (χ2v) is 4.87. The van der Waals surface area contributed by atoms with E-state index in [1.807, 2.05) is 6.92 Å². The third kappa shape index (κ3) is 3.60. The molecule has 1 aliphatic heterocycles.